The smallest absolute Gasteiger partial charge is 0.387 e. The van der Waals surface area contributed by atoms with E-state index in [1.807, 2.05) is 11.4 Å². The fraction of sp³-hybridized carbons (Fsp3) is 0.158. The molecule has 0 saturated heterocycles. The predicted octanol–water partition coefficient (Wildman–Crippen LogP) is 2.51. The number of hydrogen-bond acceptors (Lipinski definition) is 6. The molecule has 2 heterocycles. The molecule has 9 heteroatoms. The first-order chi connectivity index (χ1) is 13.6. The summed E-state index contributed by atoms with van der Waals surface area (Å²) in [5, 5.41) is 11.3. The standard InChI is InChI=1S/C19H18N4O4S/c1-2-10-20-17(25)13-6-3-4-7-14(13)21-16(24)9-11-23-19(26)27-18(22-23)15-8-5-12-28-15/h2-8,12H,1,9-11H2,(H,20,25)(H,21,24). The van der Waals surface area contributed by atoms with Crippen LogP contribution in [0.4, 0.5) is 5.69 Å². The Bertz CT molecular complexity index is 1040. The van der Waals surface area contributed by atoms with Gasteiger partial charge in [-0.05, 0) is 23.6 Å². The SMILES string of the molecule is C=CCNC(=O)c1ccccc1NC(=O)CCn1nc(-c2cccs2)oc1=O. The summed E-state index contributed by atoms with van der Waals surface area (Å²) in [7, 11) is 0. The number of rotatable bonds is 8. The van der Waals surface area contributed by atoms with Gasteiger partial charge in [0.15, 0.2) is 0 Å². The maximum atomic E-state index is 12.3. The topological polar surface area (TPSA) is 106 Å². The lowest BCUT2D eigenvalue weighted by molar-refractivity contribution is -0.116. The second-order valence-corrected chi connectivity index (χ2v) is 6.66. The second kappa shape index (κ2) is 8.96. The molecule has 0 fully saturated rings. The molecule has 1 aromatic carbocycles. The third-order valence-electron chi connectivity index (χ3n) is 3.74. The van der Waals surface area contributed by atoms with Crippen molar-refractivity contribution in [1.82, 2.24) is 15.1 Å². The Hall–Kier alpha value is -3.46. The van der Waals surface area contributed by atoms with Gasteiger partial charge in [-0.1, -0.05) is 24.3 Å². The number of aryl methyl sites for hydroxylation is 1. The number of carbonyl (C=O) groups excluding carboxylic acids is 2. The average Bonchev–Trinajstić information content (AvgIpc) is 3.34. The van der Waals surface area contributed by atoms with Gasteiger partial charge < -0.3 is 15.1 Å². The van der Waals surface area contributed by atoms with Crippen molar-refractivity contribution in [2.45, 2.75) is 13.0 Å². The Morgan fingerprint density at radius 1 is 1.25 bits per heavy atom. The molecular formula is C19H18N4O4S. The van der Waals surface area contributed by atoms with Gasteiger partial charge in [0.2, 0.25) is 5.91 Å². The molecular weight excluding hydrogens is 380 g/mol. The fourth-order valence-corrected chi connectivity index (χ4v) is 3.06. The van der Waals surface area contributed by atoms with Gasteiger partial charge in [-0.2, -0.15) is 4.68 Å². The third kappa shape index (κ3) is 4.63. The van der Waals surface area contributed by atoms with Crippen LogP contribution >= 0.6 is 11.3 Å². The zero-order valence-electron chi connectivity index (χ0n) is 14.9. The highest BCUT2D eigenvalue weighted by atomic mass is 32.1. The van der Waals surface area contributed by atoms with Gasteiger partial charge >= 0.3 is 5.76 Å². The van der Waals surface area contributed by atoms with Crippen LogP contribution in [0.2, 0.25) is 0 Å². The summed E-state index contributed by atoms with van der Waals surface area (Å²) in [5.41, 5.74) is 0.733. The molecule has 0 spiro atoms. The van der Waals surface area contributed by atoms with Gasteiger partial charge in [-0.25, -0.2) is 4.79 Å². The number of nitrogens with zero attached hydrogens (tertiary/aromatic N) is 2. The van der Waals surface area contributed by atoms with Crippen molar-refractivity contribution in [3.63, 3.8) is 0 Å². The maximum Gasteiger partial charge on any atom is 0.437 e. The third-order valence-corrected chi connectivity index (χ3v) is 4.60. The van der Waals surface area contributed by atoms with Gasteiger partial charge in [0.05, 0.1) is 22.7 Å². The van der Waals surface area contributed by atoms with Crippen LogP contribution in [0.15, 0.2) is 63.6 Å². The lowest BCUT2D eigenvalue weighted by atomic mass is 10.1. The number of hydrogen-bond donors (Lipinski definition) is 2. The van der Waals surface area contributed by atoms with E-state index in [1.165, 1.54) is 11.3 Å². The van der Waals surface area contributed by atoms with E-state index >= 15 is 0 Å². The van der Waals surface area contributed by atoms with Crippen LogP contribution in [0.3, 0.4) is 0 Å². The molecule has 0 radical (unpaired) electrons. The number of aromatic nitrogens is 2. The molecule has 3 aromatic rings. The number of para-hydroxylation sites is 1. The van der Waals surface area contributed by atoms with Crippen LogP contribution < -0.4 is 16.4 Å². The lowest BCUT2D eigenvalue weighted by Gasteiger charge is -2.10. The molecule has 2 aromatic heterocycles. The van der Waals surface area contributed by atoms with Gasteiger partial charge in [-0.3, -0.25) is 9.59 Å². The lowest BCUT2D eigenvalue weighted by Crippen LogP contribution is -2.26. The molecule has 28 heavy (non-hydrogen) atoms. The van der Waals surface area contributed by atoms with Crippen molar-refractivity contribution >= 4 is 28.8 Å². The maximum absolute atomic E-state index is 12.3. The predicted molar refractivity (Wildman–Crippen MR) is 106 cm³/mol. The highest BCUT2D eigenvalue weighted by Crippen LogP contribution is 2.21. The van der Waals surface area contributed by atoms with Crippen molar-refractivity contribution in [2.75, 3.05) is 11.9 Å². The first kappa shape index (κ1) is 19.3. The summed E-state index contributed by atoms with van der Waals surface area (Å²) in [6, 6.07) is 10.3. The average molecular weight is 398 g/mol. The molecule has 144 valence electrons. The van der Waals surface area contributed by atoms with Crippen molar-refractivity contribution in [1.29, 1.82) is 0 Å². The normalized spacial score (nSPS) is 10.4. The quantitative estimate of drug-likeness (QED) is 0.567. The molecule has 2 amide bonds. The number of amides is 2. The molecule has 0 atom stereocenters. The summed E-state index contributed by atoms with van der Waals surface area (Å²) < 4.78 is 6.22. The monoisotopic (exact) mass is 398 g/mol. The van der Waals surface area contributed by atoms with E-state index in [0.29, 0.717) is 17.8 Å². The van der Waals surface area contributed by atoms with Gasteiger partial charge in [0, 0.05) is 13.0 Å². The summed E-state index contributed by atoms with van der Waals surface area (Å²) in [6.45, 7) is 3.93. The van der Waals surface area contributed by atoms with E-state index in [-0.39, 0.29) is 30.7 Å². The van der Waals surface area contributed by atoms with Crippen molar-refractivity contribution in [3.05, 3.63) is 70.5 Å². The highest BCUT2D eigenvalue weighted by molar-refractivity contribution is 7.13. The summed E-state index contributed by atoms with van der Waals surface area (Å²) in [5.74, 6) is -1.06. The van der Waals surface area contributed by atoms with Crippen molar-refractivity contribution < 1.29 is 14.0 Å². The number of benzene rings is 1. The van der Waals surface area contributed by atoms with Gasteiger partial charge in [0.1, 0.15) is 0 Å². The number of thiophene rings is 1. The van der Waals surface area contributed by atoms with Gasteiger partial charge in [-0.15, -0.1) is 23.0 Å². The molecule has 0 aliphatic carbocycles. The van der Waals surface area contributed by atoms with Crippen LogP contribution in [-0.2, 0) is 11.3 Å². The molecule has 3 rings (SSSR count). The van der Waals surface area contributed by atoms with Crippen LogP contribution in [0.25, 0.3) is 10.8 Å². The molecule has 0 unspecified atom stereocenters. The van der Waals surface area contributed by atoms with E-state index in [9.17, 15) is 14.4 Å². The minimum Gasteiger partial charge on any atom is -0.387 e. The second-order valence-electron chi connectivity index (χ2n) is 5.72. The van der Waals surface area contributed by atoms with Gasteiger partial charge in [0.25, 0.3) is 11.8 Å². The first-order valence-electron chi connectivity index (χ1n) is 8.48. The Morgan fingerprint density at radius 3 is 2.82 bits per heavy atom. The minimum absolute atomic E-state index is 0.00106. The Morgan fingerprint density at radius 2 is 2.07 bits per heavy atom. The highest BCUT2D eigenvalue weighted by Gasteiger charge is 2.15. The molecule has 0 aliphatic rings. The van der Waals surface area contributed by atoms with Crippen LogP contribution in [0.5, 0.6) is 0 Å². The van der Waals surface area contributed by atoms with E-state index < -0.39 is 5.76 Å². The van der Waals surface area contributed by atoms with Crippen LogP contribution in [0.1, 0.15) is 16.8 Å². The van der Waals surface area contributed by atoms with E-state index in [1.54, 1.807) is 36.4 Å². The van der Waals surface area contributed by atoms with Crippen LogP contribution in [-0.4, -0.2) is 28.1 Å². The van der Waals surface area contributed by atoms with E-state index in [4.69, 9.17) is 4.42 Å². The Kier molecular flexibility index (Phi) is 6.18. The van der Waals surface area contributed by atoms with E-state index in [0.717, 1.165) is 9.56 Å². The minimum atomic E-state index is -0.625. The molecule has 2 N–H and O–H groups in total. The number of nitrogens with one attached hydrogen (secondary N) is 2. The van der Waals surface area contributed by atoms with Crippen LogP contribution in [0, 0.1) is 0 Å². The molecule has 0 aliphatic heterocycles. The van der Waals surface area contributed by atoms with E-state index in [2.05, 4.69) is 22.3 Å². The number of anilines is 1. The largest absolute Gasteiger partial charge is 0.437 e. The molecule has 8 nitrogen and oxygen atoms in total. The summed E-state index contributed by atoms with van der Waals surface area (Å²) >= 11 is 1.40. The Balaban J connectivity index is 1.63. The summed E-state index contributed by atoms with van der Waals surface area (Å²) in [4.78, 5) is 37.1. The fourth-order valence-electron chi connectivity index (χ4n) is 2.42. The molecule has 0 bridgehead atoms. The first-order valence-corrected chi connectivity index (χ1v) is 9.36. The molecule has 0 saturated carbocycles. The summed E-state index contributed by atoms with van der Waals surface area (Å²) in [6.07, 6.45) is 1.57. The number of carbonyl (C=O) groups is 2. The Labute approximate surface area is 164 Å². The van der Waals surface area contributed by atoms with Crippen molar-refractivity contribution in [3.8, 4) is 10.8 Å². The zero-order valence-corrected chi connectivity index (χ0v) is 15.7. The van der Waals surface area contributed by atoms with Crippen molar-refractivity contribution in [2.24, 2.45) is 0 Å². The zero-order chi connectivity index (χ0) is 19.9.